The van der Waals surface area contributed by atoms with E-state index in [-0.39, 0.29) is 5.75 Å². The molecular weight excluding hydrogens is 290 g/mol. The van der Waals surface area contributed by atoms with Gasteiger partial charge in [-0.05, 0) is 17.7 Å². The van der Waals surface area contributed by atoms with Crippen LogP contribution in [0.15, 0.2) is 24.3 Å². The highest BCUT2D eigenvalue weighted by Gasteiger charge is 2.73. The molecule has 19 heavy (non-hydrogen) atoms. The number of halogens is 1. The minimum atomic E-state index is -3.54. The summed E-state index contributed by atoms with van der Waals surface area (Å²) in [7, 11) is -3.54. The number of benzene rings is 1. The van der Waals surface area contributed by atoms with Crippen LogP contribution in [0.2, 0.25) is 5.02 Å². The number of rotatable bonds is 4. The van der Waals surface area contributed by atoms with Gasteiger partial charge in [0.15, 0.2) is 9.84 Å². The summed E-state index contributed by atoms with van der Waals surface area (Å²) in [4.78, 5) is 11.3. The smallest absolute Gasteiger partial charge is 0.325 e. The highest BCUT2D eigenvalue weighted by Crippen LogP contribution is 2.54. The summed E-state index contributed by atoms with van der Waals surface area (Å²) < 4.78 is 23.9. The maximum absolute atomic E-state index is 12.0. The summed E-state index contributed by atoms with van der Waals surface area (Å²) in [6, 6.07) is 6.48. The van der Waals surface area contributed by atoms with E-state index in [0.29, 0.717) is 10.6 Å². The Balaban J connectivity index is 2.49. The lowest BCUT2D eigenvalue weighted by molar-refractivity contribution is -0.139. The van der Waals surface area contributed by atoms with E-state index in [1.54, 1.807) is 24.3 Å². The summed E-state index contributed by atoms with van der Waals surface area (Å²) in [5.41, 5.74) is 4.58. The maximum Gasteiger partial charge on any atom is 0.325 e. The number of hydrogen-bond donors (Lipinski definition) is 2. The molecule has 0 aromatic heterocycles. The van der Waals surface area contributed by atoms with Crippen molar-refractivity contribution in [1.29, 1.82) is 0 Å². The number of aliphatic carboxylic acids is 1. The lowest BCUT2D eigenvalue weighted by Crippen LogP contribution is -2.40. The lowest BCUT2D eigenvalue weighted by atomic mass is 10.1. The van der Waals surface area contributed by atoms with Gasteiger partial charge in [0.05, 0.1) is 5.25 Å². The van der Waals surface area contributed by atoms with Gasteiger partial charge < -0.3 is 10.8 Å². The zero-order valence-electron chi connectivity index (χ0n) is 10.2. The van der Waals surface area contributed by atoms with E-state index in [2.05, 4.69) is 0 Å². The Morgan fingerprint density at radius 2 is 2.16 bits per heavy atom. The van der Waals surface area contributed by atoms with Gasteiger partial charge in [0.2, 0.25) is 0 Å². The first kappa shape index (κ1) is 14.3. The van der Waals surface area contributed by atoms with Gasteiger partial charge in [0.25, 0.3) is 0 Å². The Morgan fingerprint density at radius 1 is 1.53 bits per heavy atom. The van der Waals surface area contributed by atoms with Crippen LogP contribution in [0.25, 0.3) is 0 Å². The molecule has 0 aliphatic heterocycles. The third-order valence-corrected chi connectivity index (χ3v) is 6.02. The molecular formula is C12H14ClNO4S. The van der Waals surface area contributed by atoms with Crippen molar-refractivity contribution >= 4 is 27.4 Å². The summed E-state index contributed by atoms with van der Waals surface area (Å²) in [6.07, 6.45) is 0. The third kappa shape index (κ3) is 2.13. The van der Waals surface area contributed by atoms with Crippen LogP contribution in [0.1, 0.15) is 18.4 Å². The molecule has 1 fully saturated rings. The predicted octanol–water partition coefficient (Wildman–Crippen LogP) is 1.02. The molecule has 0 unspecified atom stereocenters. The van der Waals surface area contributed by atoms with Crippen molar-refractivity contribution < 1.29 is 18.3 Å². The first-order valence-corrected chi connectivity index (χ1v) is 7.83. The van der Waals surface area contributed by atoms with Crippen molar-refractivity contribution in [1.82, 2.24) is 0 Å². The first-order valence-electron chi connectivity index (χ1n) is 5.74. The molecule has 3 atom stereocenters. The van der Waals surface area contributed by atoms with Gasteiger partial charge in [-0.15, -0.1) is 0 Å². The molecule has 0 radical (unpaired) electrons. The van der Waals surface area contributed by atoms with Crippen LogP contribution in [-0.2, 0) is 14.6 Å². The Labute approximate surface area is 116 Å². The Kier molecular flexibility index (Phi) is 3.36. The first-order chi connectivity index (χ1) is 8.75. The average Bonchev–Trinajstić information content (AvgIpc) is 2.98. The summed E-state index contributed by atoms with van der Waals surface area (Å²) in [6.45, 7) is 1.48. The predicted molar refractivity (Wildman–Crippen MR) is 72.0 cm³/mol. The number of carboxylic acids is 1. The molecule has 1 aliphatic rings. The second-order valence-corrected chi connectivity index (χ2v) is 7.49. The van der Waals surface area contributed by atoms with Crippen molar-refractivity contribution in [3.05, 3.63) is 34.9 Å². The van der Waals surface area contributed by atoms with Gasteiger partial charge in [-0.2, -0.15) is 0 Å². The van der Waals surface area contributed by atoms with Crippen molar-refractivity contribution in [3.8, 4) is 0 Å². The number of carboxylic acid groups (broad SMARTS) is 1. The number of nitrogens with two attached hydrogens (primary N) is 1. The van der Waals surface area contributed by atoms with Crippen molar-refractivity contribution in [2.75, 3.05) is 5.75 Å². The van der Waals surface area contributed by atoms with Crippen LogP contribution < -0.4 is 5.73 Å². The summed E-state index contributed by atoms with van der Waals surface area (Å²) >= 11 is 5.85. The zero-order chi connectivity index (χ0) is 14.4. The average molecular weight is 304 g/mol. The number of sulfone groups is 1. The molecule has 1 aliphatic carbocycles. The van der Waals surface area contributed by atoms with Gasteiger partial charge in [-0.25, -0.2) is 8.42 Å². The highest BCUT2D eigenvalue weighted by molar-refractivity contribution is 7.92. The van der Waals surface area contributed by atoms with Gasteiger partial charge in [-0.3, -0.25) is 4.79 Å². The summed E-state index contributed by atoms with van der Waals surface area (Å²) in [5.74, 6) is -2.20. The van der Waals surface area contributed by atoms with Gasteiger partial charge >= 0.3 is 5.97 Å². The molecule has 0 heterocycles. The van der Waals surface area contributed by atoms with E-state index in [4.69, 9.17) is 17.3 Å². The molecule has 104 valence electrons. The van der Waals surface area contributed by atoms with Gasteiger partial charge in [0, 0.05) is 16.7 Å². The molecule has 5 nitrogen and oxygen atoms in total. The largest absolute Gasteiger partial charge is 0.480 e. The van der Waals surface area contributed by atoms with E-state index in [9.17, 15) is 18.3 Å². The summed E-state index contributed by atoms with van der Waals surface area (Å²) in [5, 5.41) is 8.55. The Bertz CT molecular complexity index is 630. The molecule has 0 amide bonds. The maximum atomic E-state index is 12.0. The molecule has 1 aromatic carbocycles. The second-order valence-electron chi connectivity index (χ2n) is 4.64. The fourth-order valence-electron chi connectivity index (χ4n) is 2.46. The molecule has 1 aromatic rings. The van der Waals surface area contributed by atoms with Crippen molar-refractivity contribution in [2.24, 2.45) is 5.73 Å². The van der Waals surface area contributed by atoms with Crippen LogP contribution in [0.5, 0.6) is 0 Å². The SMILES string of the molecule is CCS(=O)(=O)[C@@H]1[C@H](c2cccc(Cl)c2)[C@]1(N)C(=O)O. The van der Waals surface area contributed by atoms with E-state index in [1.165, 1.54) is 6.92 Å². The van der Waals surface area contributed by atoms with Gasteiger partial charge in [-0.1, -0.05) is 30.7 Å². The van der Waals surface area contributed by atoms with Gasteiger partial charge in [0.1, 0.15) is 5.54 Å². The number of hydrogen-bond acceptors (Lipinski definition) is 4. The monoisotopic (exact) mass is 303 g/mol. The molecule has 1 saturated carbocycles. The van der Waals surface area contributed by atoms with E-state index in [0.717, 1.165) is 0 Å². The standard InChI is InChI=1S/C12H14ClNO4S/c1-2-19(17,18)10-9(12(10,14)11(15)16)7-4-3-5-8(13)6-7/h3-6,9-10H,2,14H2,1H3,(H,15,16)/t9-,10+,12+/m0/s1. The second kappa shape index (κ2) is 4.47. The molecule has 3 N–H and O–H groups in total. The Hall–Kier alpha value is -1.11. The lowest BCUT2D eigenvalue weighted by Gasteiger charge is -2.05. The Morgan fingerprint density at radius 3 is 2.63 bits per heavy atom. The van der Waals surface area contributed by atoms with Crippen LogP contribution in [0, 0.1) is 0 Å². The fraction of sp³-hybridized carbons (Fsp3) is 0.417. The molecule has 0 spiro atoms. The van der Waals surface area contributed by atoms with Crippen molar-refractivity contribution in [2.45, 2.75) is 23.6 Å². The molecule has 2 rings (SSSR count). The van der Waals surface area contributed by atoms with Crippen LogP contribution >= 0.6 is 11.6 Å². The third-order valence-electron chi connectivity index (χ3n) is 3.55. The van der Waals surface area contributed by atoms with E-state index >= 15 is 0 Å². The normalized spacial score (nSPS) is 30.1. The molecule has 7 heteroatoms. The topological polar surface area (TPSA) is 97.5 Å². The quantitative estimate of drug-likeness (QED) is 0.865. The zero-order valence-corrected chi connectivity index (χ0v) is 11.8. The van der Waals surface area contributed by atoms with Crippen LogP contribution in [0.4, 0.5) is 0 Å². The van der Waals surface area contributed by atoms with Crippen molar-refractivity contribution in [3.63, 3.8) is 0 Å². The van der Waals surface area contributed by atoms with Crippen LogP contribution in [-0.4, -0.2) is 36.0 Å². The van der Waals surface area contributed by atoms with Crippen LogP contribution in [0.3, 0.4) is 0 Å². The fourth-order valence-corrected chi connectivity index (χ4v) is 4.58. The highest BCUT2D eigenvalue weighted by atomic mass is 35.5. The minimum absolute atomic E-state index is 0.138. The molecule has 0 saturated heterocycles. The number of carbonyl (C=O) groups is 1. The van der Waals surface area contributed by atoms with E-state index < -0.39 is 32.5 Å². The molecule has 0 bridgehead atoms. The minimum Gasteiger partial charge on any atom is -0.480 e. The van der Waals surface area contributed by atoms with E-state index in [1.807, 2.05) is 0 Å².